The van der Waals surface area contributed by atoms with Crippen LogP contribution in [0.4, 0.5) is 18.9 Å². The van der Waals surface area contributed by atoms with E-state index in [0.29, 0.717) is 25.9 Å². The number of hydrogen-bond acceptors (Lipinski definition) is 3. The van der Waals surface area contributed by atoms with Crippen molar-refractivity contribution in [3.63, 3.8) is 0 Å². The van der Waals surface area contributed by atoms with Gasteiger partial charge in [0.2, 0.25) is 0 Å². The standard InChI is InChI=1S/C20H18F3N3O/c21-16-10-15(11-17(22)18(16)23)26-13-24-19(27)20(26)6-8-25(9-7-20)12-14-4-2-1-3-5-14/h1-5,10-11,13H,6-9,12H2. The lowest BCUT2D eigenvalue weighted by Gasteiger charge is -2.43. The summed E-state index contributed by atoms with van der Waals surface area (Å²) in [6, 6.07) is 11.8. The van der Waals surface area contributed by atoms with Crippen molar-refractivity contribution < 1.29 is 18.0 Å². The Labute approximate surface area is 154 Å². The summed E-state index contributed by atoms with van der Waals surface area (Å²) in [5.41, 5.74) is 0.309. The van der Waals surface area contributed by atoms with Crippen molar-refractivity contribution in [1.29, 1.82) is 0 Å². The van der Waals surface area contributed by atoms with E-state index in [4.69, 9.17) is 0 Å². The summed E-state index contributed by atoms with van der Waals surface area (Å²) < 4.78 is 40.6. The maximum Gasteiger partial charge on any atom is 0.273 e. The quantitative estimate of drug-likeness (QED) is 0.773. The lowest BCUT2D eigenvalue weighted by molar-refractivity contribution is -0.123. The molecular formula is C20H18F3N3O. The van der Waals surface area contributed by atoms with Crippen LogP contribution >= 0.6 is 0 Å². The molecule has 4 rings (SSSR count). The second kappa shape index (κ2) is 6.81. The first kappa shape index (κ1) is 17.7. The van der Waals surface area contributed by atoms with Gasteiger partial charge in [0, 0.05) is 37.5 Å². The Morgan fingerprint density at radius 2 is 1.63 bits per heavy atom. The van der Waals surface area contributed by atoms with E-state index in [1.54, 1.807) is 0 Å². The molecule has 1 saturated heterocycles. The molecule has 0 saturated carbocycles. The molecule has 2 heterocycles. The monoisotopic (exact) mass is 373 g/mol. The van der Waals surface area contributed by atoms with Gasteiger partial charge < -0.3 is 4.90 Å². The number of benzene rings is 2. The van der Waals surface area contributed by atoms with Gasteiger partial charge in [-0.2, -0.15) is 0 Å². The number of carbonyl (C=O) groups excluding carboxylic acids is 1. The van der Waals surface area contributed by atoms with Crippen LogP contribution in [-0.4, -0.2) is 35.8 Å². The summed E-state index contributed by atoms with van der Waals surface area (Å²) in [6.45, 7) is 2.06. The molecule has 0 aliphatic carbocycles. The van der Waals surface area contributed by atoms with Crippen molar-refractivity contribution in [2.75, 3.05) is 18.0 Å². The summed E-state index contributed by atoms with van der Waals surface area (Å²) in [5.74, 6) is -4.41. The van der Waals surface area contributed by atoms with Crippen molar-refractivity contribution in [3.05, 3.63) is 65.5 Å². The minimum atomic E-state index is -1.52. The topological polar surface area (TPSA) is 35.9 Å². The number of halogens is 3. The molecule has 2 aliphatic rings. The summed E-state index contributed by atoms with van der Waals surface area (Å²) >= 11 is 0. The van der Waals surface area contributed by atoms with Crippen LogP contribution in [0.5, 0.6) is 0 Å². The van der Waals surface area contributed by atoms with Gasteiger partial charge in [-0.25, -0.2) is 18.2 Å². The molecule has 1 spiro atoms. The Hall–Kier alpha value is -2.67. The number of carbonyl (C=O) groups is 1. The molecule has 2 aromatic rings. The number of nitrogens with zero attached hydrogens (tertiary/aromatic N) is 3. The van der Waals surface area contributed by atoms with E-state index in [0.717, 1.165) is 18.7 Å². The largest absolute Gasteiger partial charge is 0.317 e. The SMILES string of the molecule is O=C1N=CN(c2cc(F)c(F)c(F)c2)C12CCN(Cc1ccccc1)CC2. The van der Waals surface area contributed by atoms with Crippen LogP contribution < -0.4 is 4.90 Å². The molecule has 0 N–H and O–H groups in total. The van der Waals surface area contributed by atoms with Gasteiger partial charge in [0.25, 0.3) is 5.91 Å². The molecule has 2 aromatic carbocycles. The molecule has 4 nitrogen and oxygen atoms in total. The van der Waals surface area contributed by atoms with Gasteiger partial charge >= 0.3 is 0 Å². The zero-order valence-electron chi connectivity index (χ0n) is 14.5. The minimum Gasteiger partial charge on any atom is -0.317 e. The second-order valence-electron chi connectivity index (χ2n) is 6.94. The van der Waals surface area contributed by atoms with Gasteiger partial charge in [-0.3, -0.25) is 9.69 Å². The highest BCUT2D eigenvalue weighted by molar-refractivity contribution is 6.08. The average Bonchev–Trinajstić information content (AvgIpc) is 2.98. The zero-order valence-corrected chi connectivity index (χ0v) is 14.5. The number of aliphatic imine (C=N–C) groups is 1. The highest BCUT2D eigenvalue weighted by Gasteiger charge is 2.49. The minimum absolute atomic E-state index is 0.0949. The van der Waals surface area contributed by atoms with Crippen LogP contribution in [0.25, 0.3) is 0 Å². The highest BCUT2D eigenvalue weighted by atomic mass is 19.2. The van der Waals surface area contributed by atoms with E-state index in [1.807, 2.05) is 30.3 Å². The fraction of sp³-hybridized carbons (Fsp3) is 0.300. The third-order valence-electron chi connectivity index (χ3n) is 5.33. The predicted octanol–water partition coefficient (Wildman–Crippen LogP) is 3.51. The van der Waals surface area contributed by atoms with E-state index >= 15 is 0 Å². The van der Waals surface area contributed by atoms with Crippen molar-refractivity contribution in [1.82, 2.24) is 4.90 Å². The third-order valence-corrected chi connectivity index (χ3v) is 5.33. The number of hydrogen-bond donors (Lipinski definition) is 0. The van der Waals surface area contributed by atoms with Gasteiger partial charge in [-0.15, -0.1) is 0 Å². The number of rotatable bonds is 3. The predicted molar refractivity (Wildman–Crippen MR) is 96.0 cm³/mol. The summed E-state index contributed by atoms with van der Waals surface area (Å²) in [6.07, 6.45) is 2.24. The third kappa shape index (κ3) is 3.12. The first-order chi connectivity index (χ1) is 13.0. The molecule has 140 valence electrons. The Bertz CT molecular complexity index is 870. The number of likely N-dealkylation sites (tertiary alicyclic amines) is 1. The molecule has 1 fully saturated rings. The van der Waals surface area contributed by atoms with Crippen molar-refractivity contribution in [2.45, 2.75) is 24.9 Å². The van der Waals surface area contributed by atoms with Crippen LogP contribution in [0, 0.1) is 17.5 Å². The van der Waals surface area contributed by atoms with Gasteiger partial charge in [0.05, 0.1) is 6.34 Å². The molecule has 0 atom stereocenters. The maximum absolute atomic E-state index is 13.7. The van der Waals surface area contributed by atoms with Crippen molar-refractivity contribution in [3.8, 4) is 0 Å². The van der Waals surface area contributed by atoms with E-state index in [-0.39, 0.29) is 11.6 Å². The Kier molecular flexibility index (Phi) is 4.47. The van der Waals surface area contributed by atoms with Gasteiger partial charge in [-0.1, -0.05) is 30.3 Å². The van der Waals surface area contributed by atoms with Gasteiger partial charge in [-0.05, 0) is 18.4 Å². The Balaban J connectivity index is 1.54. The fourth-order valence-electron chi connectivity index (χ4n) is 3.82. The first-order valence-corrected chi connectivity index (χ1v) is 8.78. The van der Waals surface area contributed by atoms with E-state index < -0.39 is 23.0 Å². The average molecular weight is 373 g/mol. The summed E-state index contributed by atoms with van der Waals surface area (Å²) in [5, 5.41) is 0. The maximum atomic E-state index is 13.7. The molecular weight excluding hydrogens is 355 g/mol. The van der Waals surface area contributed by atoms with Crippen LogP contribution in [0.3, 0.4) is 0 Å². The zero-order chi connectivity index (χ0) is 19.0. The molecule has 0 radical (unpaired) electrons. The number of piperidine rings is 1. The molecule has 1 amide bonds. The van der Waals surface area contributed by atoms with Crippen molar-refractivity contribution in [2.24, 2.45) is 4.99 Å². The molecule has 2 aliphatic heterocycles. The lowest BCUT2D eigenvalue weighted by atomic mass is 9.85. The van der Waals surface area contributed by atoms with Crippen LogP contribution in [0.15, 0.2) is 47.5 Å². The van der Waals surface area contributed by atoms with E-state index in [1.165, 1.54) is 16.8 Å². The first-order valence-electron chi connectivity index (χ1n) is 8.78. The second-order valence-corrected chi connectivity index (χ2v) is 6.94. The smallest absolute Gasteiger partial charge is 0.273 e. The summed E-state index contributed by atoms with van der Waals surface area (Å²) in [4.78, 5) is 20.1. The van der Waals surface area contributed by atoms with E-state index in [2.05, 4.69) is 9.89 Å². The van der Waals surface area contributed by atoms with Crippen molar-refractivity contribution >= 4 is 17.9 Å². The number of amides is 1. The lowest BCUT2D eigenvalue weighted by Crippen LogP contribution is -2.56. The summed E-state index contributed by atoms with van der Waals surface area (Å²) in [7, 11) is 0. The van der Waals surface area contributed by atoms with Gasteiger partial charge in [0.15, 0.2) is 17.5 Å². The van der Waals surface area contributed by atoms with Crippen LogP contribution in [0.2, 0.25) is 0 Å². The Morgan fingerprint density at radius 1 is 1.00 bits per heavy atom. The highest BCUT2D eigenvalue weighted by Crippen LogP contribution is 2.37. The molecule has 0 aromatic heterocycles. The van der Waals surface area contributed by atoms with Crippen LogP contribution in [0.1, 0.15) is 18.4 Å². The normalized spacial score (nSPS) is 19.2. The van der Waals surface area contributed by atoms with Crippen LogP contribution in [-0.2, 0) is 11.3 Å². The fourth-order valence-corrected chi connectivity index (χ4v) is 3.82. The van der Waals surface area contributed by atoms with Gasteiger partial charge in [0.1, 0.15) is 5.54 Å². The number of anilines is 1. The Morgan fingerprint density at radius 3 is 2.26 bits per heavy atom. The molecule has 0 unspecified atom stereocenters. The molecule has 27 heavy (non-hydrogen) atoms. The molecule has 0 bridgehead atoms. The molecule has 7 heteroatoms. The van der Waals surface area contributed by atoms with E-state index in [9.17, 15) is 18.0 Å².